The van der Waals surface area contributed by atoms with Crippen molar-refractivity contribution in [3.63, 3.8) is 0 Å². The van der Waals surface area contributed by atoms with E-state index in [1.54, 1.807) is 23.7 Å². The topological polar surface area (TPSA) is 88.9 Å². The molecule has 2 N–H and O–H groups in total. The molecular weight excluding hydrogens is 593 g/mol. The largest absolute Gasteiger partial charge is 0.345 e. The van der Waals surface area contributed by atoms with Gasteiger partial charge in [-0.05, 0) is 52.3 Å². The summed E-state index contributed by atoms with van der Waals surface area (Å²) in [6.07, 6.45) is 0. The highest BCUT2D eigenvalue weighted by atomic mass is 79.9. The lowest BCUT2D eigenvalue weighted by atomic mass is 10.2. The Morgan fingerprint density at radius 2 is 1.87 bits per heavy atom. The number of carbonyl (C=O) groups is 2. The standard InChI is InChI=1S/C19H15Br2Cl2N5O2S/c1-28-16(8-24-18(30)10-2-5-13(22)14(23)6-10)26-27-19(28)31-9-17(29)25-15-7-11(20)3-4-12(15)21/h2-7H,8-9H2,1H3,(H,24,30)(H,25,29). The Hall–Kier alpha value is -1.59. The first-order chi connectivity index (χ1) is 14.7. The second-order valence-electron chi connectivity index (χ2n) is 6.23. The Balaban J connectivity index is 1.54. The number of carbonyl (C=O) groups excluding carboxylic acids is 2. The molecule has 2 amide bonds. The Morgan fingerprint density at radius 1 is 1.10 bits per heavy atom. The van der Waals surface area contributed by atoms with Gasteiger partial charge in [-0.2, -0.15) is 0 Å². The molecule has 0 aliphatic carbocycles. The van der Waals surface area contributed by atoms with E-state index in [-0.39, 0.29) is 24.1 Å². The van der Waals surface area contributed by atoms with E-state index in [0.717, 1.165) is 8.95 Å². The highest BCUT2D eigenvalue weighted by molar-refractivity contribution is 9.11. The van der Waals surface area contributed by atoms with Crippen LogP contribution in [0.5, 0.6) is 0 Å². The van der Waals surface area contributed by atoms with Gasteiger partial charge in [0.1, 0.15) is 0 Å². The highest BCUT2D eigenvalue weighted by Crippen LogP contribution is 2.27. The van der Waals surface area contributed by atoms with Crippen molar-refractivity contribution < 1.29 is 9.59 Å². The van der Waals surface area contributed by atoms with Crippen LogP contribution in [0.1, 0.15) is 16.2 Å². The van der Waals surface area contributed by atoms with Crippen molar-refractivity contribution in [2.45, 2.75) is 11.7 Å². The van der Waals surface area contributed by atoms with E-state index in [1.807, 2.05) is 18.2 Å². The van der Waals surface area contributed by atoms with Crippen molar-refractivity contribution in [3.05, 3.63) is 66.8 Å². The summed E-state index contributed by atoms with van der Waals surface area (Å²) < 4.78 is 3.37. The molecule has 2 aromatic carbocycles. The number of hydrogen-bond donors (Lipinski definition) is 2. The molecule has 7 nitrogen and oxygen atoms in total. The Labute approximate surface area is 209 Å². The van der Waals surface area contributed by atoms with Gasteiger partial charge in [-0.25, -0.2) is 0 Å². The maximum atomic E-state index is 12.3. The molecule has 3 rings (SSSR count). The molecule has 0 atom stereocenters. The van der Waals surface area contributed by atoms with Crippen molar-refractivity contribution in [3.8, 4) is 0 Å². The van der Waals surface area contributed by atoms with E-state index in [0.29, 0.717) is 32.3 Å². The molecule has 1 heterocycles. The predicted octanol–water partition coefficient (Wildman–Crippen LogP) is 5.31. The van der Waals surface area contributed by atoms with E-state index < -0.39 is 0 Å². The molecular formula is C19H15Br2Cl2N5O2S. The van der Waals surface area contributed by atoms with Gasteiger partial charge >= 0.3 is 0 Å². The third kappa shape index (κ3) is 6.45. The highest BCUT2D eigenvalue weighted by Gasteiger charge is 2.14. The molecule has 0 radical (unpaired) electrons. The summed E-state index contributed by atoms with van der Waals surface area (Å²) in [7, 11) is 1.77. The third-order valence-electron chi connectivity index (χ3n) is 4.05. The molecule has 0 aliphatic rings. The first-order valence-corrected chi connectivity index (χ1v) is 12.1. The number of hydrogen-bond acceptors (Lipinski definition) is 5. The normalized spacial score (nSPS) is 10.7. The van der Waals surface area contributed by atoms with Crippen LogP contribution in [0.4, 0.5) is 5.69 Å². The number of halogens is 4. The third-order valence-corrected chi connectivity index (χ3v) is 6.99. The van der Waals surface area contributed by atoms with Gasteiger partial charge in [-0.15, -0.1) is 10.2 Å². The Bertz CT molecular complexity index is 1140. The van der Waals surface area contributed by atoms with Gasteiger partial charge in [0, 0.05) is 21.6 Å². The van der Waals surface area contributed by atoms with Gasteiger partial charge in [0.15, 0.2) is 11.0 Å². The first-order valence-electron chi connectivity index (χ1n) is 8.74. The minimum Gasteiger partial charge on any atom is -0.345 e. The van der Waals surface area contributed by atoms with Crippen LogP contribution in [0.15, 0.2) is 50.5 Å². The van der Waals surface area contributed by atoms with Crippen molar-refractivity contribution in [1.82, 2.24) is 20.1 Å². The second kappa shape index (κ2) is 10.8. The van der Waals surface area contributed by atoms with Gasteiger partial charge in [0.2, 0.25) is 5.91 Å². The summed E-state index contributed by atoms with van der Waals surface area (Å²) >= 11 is 19.9. The molecule has 3 aromatic rings. The Kier molecular flexibility index (Phi) is 8.40. The number of nitrogens with one attached hydrogen (secondary N) is 2. The molecule has 162 valence electrons. The fraction of sp³-hybridized carbons (Fsp3) is 0.158. The predicted molar refractivity (Wildman–Crippen MR) is 130 cm³/mol. The molecule has 0 saturated heterocycles. The summed E-state index contributed by atoms with van der Waals surface area (Å²) in [4.78, 5) is 24.6. The lowest BCUT2D eigenvalue weighted by molar-refractivity contribution is -0.113. The summed E-state index contributed by atoms with van der Waals surface area (Å²) in [5, 5.41) is 15.0. The van der Waals surface area contributed by atoms with Crippen molar-refractivity contribution >= 4 is 84.3 Å². The number of thioether (sulfide) groups is 1. The average molecular weight is 608 g/mol. The molecule has 0 unspecified atom stereocenters. The smallest absolute Gasteiger partial charge is 0.251 e. The molecule has 31 heavy (non-hydrogen) atoms. The van der Waals surface area contributed by atoms with Crippen LogP contribution in [-0.2, 0) is 18.4 Å². The first kappa shape index (κ1) is 24.1. The minimum atomic E-state index is -0.310. The molecule has 0 aliphatic heterocycles. The number of amides is 2. The van der Waals surface area contributed by atoms with Gasteiger partial charge in [-0.3, -0.25) is 9.59 Å². The number of aromatic nitrogens is 3. The van der Waals surface area contributed by atoms with Gasteiger partial charge in [-0.1, -0.05) is 50.9 Å². The van der Waals surface area contributed by atoms with Crippen molar-refractivity contribution in [2.24, 2.45) is 7.05 Å². The summed E-state index contributed by atoms with van der Waals surface area (Å²) in [5.41, 5.74) is 1.06. The number of nitrogens with zero attached hydrogens (tertiary/aromatic N) is 3. The van der Waals surface area contributed by atoms with Gasteiger partial charge < -0.3 is 15.2 Å². The van der Waals surface area contributed by atoms with Crippen LogP contribution in [0.25, 0.3) is 0 Å². The maximum Gasteiger partial charge on any atom is 0.251 e. The monoisotopic (exact) mass is 605 g/mol. The number of anilines is 1. The number of rotatable bonds is 7. The van der Waals surface area contributed by atoms with Crippen LogP contribution in [0.3, 0.4) is 0 Å². The van der Waals surface area contributed by atoms with Crippen LogP contribution in [-0.4, -0.2) is 32.3 Å². The SMILES string of the molecule is Cn1c(CNC(=O)c2ccc(Cl)c(Cl)c2)nnc1SCC(=O)Nc1cc(Br)ccc1Br. The van der Waals surface area contributed by atoms with Crippen molar-refractivity contribution in [1.29, 1.82) is 0 Å². The van der Waals surface area contributed by atoms with Crippen molar-refractivity contribution in [2.75, 3.05) is 11.1 Å². The zero-order chi connectivity index (χ0) is 22.5. The lowest BCUT2D eigenvalue weighted by Crippen LogP contribution is -2.24. The van der Waals surface area contributed by atoms with Crippen LogP contribution < -0.4 is 10.6 Å². The maximum absolute atomic E-state index is 12.3. The summed E-state index contributed by atoms with van der Waals surface area (Å²) in [5.74, 6) is 0.211. The van der Waals surface area contributed by atoms with E-state index >= 15 is 0 Å². The quantitative estimate of drug-likeness (QED) is 0.356. The van der Waals surface area contributed by atoms with Gasteiger partial charge in [0.05, 0.1) is 28.0 Å². The number of benzene rings is 2. The zero-order valence-corrected chi connectivity index (χ0v) is 21.5. The molecule has 1 aromatic heterocycles. The van der Waals surface area contributed by atoms with E-state index in [4.69, 9.17) is 23.2 Å². The van der Waals surface area contributed by atoms with E-state index in [1.165, 1.54) is 17.8 Å². The average Bonchev–Trinajstić information content (AvgIpc) is 3.09. The lowest BCUT2D eigenvalue weighted by Gasteiger charge is -2.08. The Morgan fingerprint density at radius 3 is 2.61 bits per heavy atom. The summed E-state index contributed by atoms with van der Waals surface area (Å²) in [6, 6.07) is 10.2. The fourth-order valence-corrected chi connectivity index (χ4v) is 4.17. The van der Waals surface area contributed by atoms with E-state index in [2.05, 4.69) is 52.7 Å². The fourth-order valence-electron chi connectivity index (χ4n) is 2.43. The molecule has 0 saturated carbocycles. The van der Waals surface area contributed by atoms with E-state index in [9.17, 15) is 9.59 Å². The summed E-state index contributed by atoms with van der Waals surface area (Å²) in [6.45, 7) is 0.167. The van der Waals surface area contributed by atoms with Gasteiger partial charge in [0.25, 0.3) is 5.91 Å². The van der Waals surface area contributed by atoms with Crippen LogP contribution >= 0.6 is 66.8 Å². The molecule has 0 fully saturated rings. The van der Waals surface area contributed by atoms with Crippen LogP contribution in [0.2, 0.25) is 10.0 Å². The molecule has 12 heteroatoms. The van der Waals surface area contributed by atoms with Crippen LogP contribution in [0, 0.1) is 0 Å². The second-order valence-corrected chi connectivity index (χ2v) is 9.76. The molecule has 0 spiro atoms. The zero-order valence-electron chi connectivity index (χ0n) is 16.0. The minimum absolute atomic E-state index is 0.153. The molecule has 0 bridgehead atoms.